The summed E-state index contributed by atoms with van der Waals surface area (Å²) in [5.41, 5.74) is 4.04. The Morgan fingerprint density at radius 1 is 1.06 bits per heavy atom. The van der Waals surface area contributed by atoms with Crippen LogP contribution in [0.2, 0.25) is 0 Å². The first kappa shape index (κ1) is 20.3. The molecule has 4 heterocycles. The van der Waals surface area contributed by atoms with Crippen molar-refractivity contribution in [2.75, 3.05) is 6.79 Å². The molecule has 0 saturated carbocycles. The van der Waals surface area contributed by atoms with Gasteiger partial charge >= 0.3 is 0 Å². The van der Waals surface area contributed by atoms with E-state index in [2.05, 4.69) is 36.2 Å². The lowest BCUT2D eigenvalue weighted by molar-refractivity contribution is 0.174. The van der Waals surface area contributed by atoms with Crippen LogP contribution in [0.5, 0.6) is 11.5 Å². The lowest BCUT2D eigenvalue weighted by Gasteiger charge is -2.13. The van der Waals surface area contributed by atoms with Crippen LogP contribution in [0.4, 0.5) is 0 Å². The van der Waals surface area contributed by atoms with Crippen molar-refractivity contribution in [2.24, 2.45) is 0 Å². The minimum Gasteiger partial charge on any atom is -0.454 e. The number of benzene rings is 2. The number of thioether (sulfide) groups is 1. The van der Waals surface area contributed by atoms with E-state index in [4.69, 9.17) is 14.5 Å². The Balaban J connectivity index is 1.46. The molecule has 0 N–H and O–H groups in total. The molecule has 1 aliphatic rings. The predicted molar refractivity (Wildman–Crippen MR) is 132 cm³/mol. The molecular weight excluding hydrogens is 454 g/mol. The zero-order chi connectivity index (χ0) is 22.4. The number of thiophene rings is 1. The van der Waals surface area contributed by atoms with Gasteiger partial charge in [-0.25, -0.2) is 9.97 Å². The van der Waals surface area contributed by atoms with Crippen LogP contribution in [-0.4, -0.2) is 21.3 Å². The highest BCUT2D eigenvalue weighted by atomic mass is 32.2. The van der Waals surface area contributed by atoms with E-state index in [0.717, 1.165) is 32.8 Å². The van der Waals surface area contributed by atoms with E-state index < -0.39 is 0 Å². The molecule has 1 aliphatic heterocycles. The highest BCUT2D eigenvalue weighted by molar-refractivity contribution is 7.98. The highest BCUT2D eigenvalue weighted by Crippen LogP contribution is 2.34. The van der Waals surface area contributed by atoms with E-state index in [0.29, 0.717) is 22.2 Å². The molecule has 0 fully saturated rings. The van der Waals surface area contributed by atoms with Crippen LogP contribution < -0.4 is 15.0 Å². The second-order valence-electron chi connectivity index (χ2n) is 7.89. The van der Waals surface area contributed by atoms with Gasteiger partial charge in [0.25, 0.3) is 5.56 Å². The van der Waals surface area contributed by atoms with Gasteiger partial charge in [0.2, 0.25) is 6.79 Å². The fourth-order valence-electron chi connectivity index (χ4n) is 3.96. The average molecular weight is 474 g/mol. The van der Waals surface area contributed by atoms with Crippen LogP contribution in [-0.2, 0) is 12.3 Å². The number of fused-ring (bicyclic) bond motifs is 4. The fourth-order valence-corrected chi connectivity index (χ4v) is 5.93. The summed E-state index contributed by atoms with van der Waals surface area (Å²) in [5, 5.41) is 1.61. The van der Waals surface area contributed by atoms with E-state index >= 15 is 0 Å². The van der Waals surface area contributed by atoms with Gasteiger partial charge in [0, 0.05) is 17.3 Å². The lowest BCUT2D eigenvalue weighted by atomic mass is 10.2. The van der Waals surface area contributed by atoms with Crippen LogP contribution in [0, 0.1) is 6.92 Å². The van der Waals surface area contributed by atoms with Gasteiger partial charge < -0.3 is 9.47 Å². The SMILES string of the molecule is Cc1cccc(CSc2nc3c(sc4ncccc43)c(=O)n2Cc2ccc3c(c2)OCO3)c1. The summed E-state index contributed by atoms with van der Waals surface area (Å²) in [5.74, 6) is 2.15. The van der Waals surface area contributed by atoms with Crippen molar-refractivity contribution in [3.63, 3.8) is 0 Å². The van der Waals surface area contributed by atoms with Gasteiger partial charge in [-0.05, 0) is 42.3 Å². The minimum absolute atomic E-state index is 0.0487. The summed E-state index contributed by atoms with van der Waals surface area (Å²) in [7, 11) is 0. The van der Waals surface area contributed by atoms with Crippen molar-refractivity contribution in [1.29, 1.82) is 0 Å². The molecule has 164 valence electrons. The van der Waals surface area contributed by atoms with Crippen molar-refractivity contribution >= 4 is 43.5 Å². The molecule has 0 atom stereocenters. The molecule has 6 nitrogen and oxygen atoms in total. The normalized spacial score (nSPS) is 12.6. The molecule has 2 aromatic carbocycles. The van der Waals surface area contributed by atoms with Crippen LogP contribution in [0.25, 0.3) is 20.4 Å². The van der Waals surface area contributed by atoms with Crippen LogP contribution >= 0.6 is 23.1 Å². The number of aryl methyl sites for hydroxylation is 1. The van der Waals surface area contributed by atoms with E-state index in [1.165, 1.54) is 22.5 Å². The molecule has 0 unspecified atom stereocenters. The molecule has 0 bridgehead atoms. The summed E-state index contributed by atoms with van der Waals surface area (Å²) in [6.07, 6.45) is 1.75. The number of ether oxygens (including phenoxy) is 2. The number of hydrogen-bond donors (Lipinski definition) is 0. The second-order valence-corrected chi connectivity index (χ2v) is 9.83. The van der Waals surface area contributed by atoms with Crippen LogP contribution in [0.3, 0.4) is 0 Å². The largest absolute Gasteiger partial charge is 0.454 e. The summed E-state index contributed by atoms with van der Waals surface area (Å²) in [6.45, 7) is 2.70. The quantitative estimate of drug-likeness (QED) is 0.252. The predicted octanol–water partition coefficient (Wildman–Crippen LogP) is 5.38. The summed E-state index contributed by atoms with van der Waals surface area (Å²) in [6, 6.07) is 18.0. The standard InChI is InChI=1S/C25H19N3O3S2/c1-15-4-2-5-17(10-15)13-32-25-27-21-18-6-3-9-26-23(18)33-22(21)24(29)28(25)12-16-7-8-19-20(11-16)31-14-30-19/h2-11H,12-14H2,1H3. The van der Waals surface area contributed by atoms with Crippen molar-refractivity contribution in [3.8, 4) is 11.5 Å². The first-order valence-corrected chi connectivity index (χ1v) is 12.3. The summed E-state index contributed by atoms with van der Waals surface area (Å²) in [4.78, 5) is 23.9. The minimum atomic E-state index is -0.0487. The first-order valence-electron chi connectivity index (χ1n) is 10.5. The van der Waals surface area contributed by atoms with Crippen molar-refractivity contribution in [3.05, 3.63) is 87.8 Å². The number of rotatable bonds is 5. The third-order valence-electron chi connectivity index (χ3n) is 5.55. The van der Waals surface area contributed by atoms with Gasteiger partial charge in [0.1, 0.15) is 9.53 Å². The van der Waals surface area contributed by atoms with Gasteiger partial charge in [-0.15, -0.1) is 11.3 Å². The molecule has 0 amide bonds. The number of hydrogen-bond acceptors (Lipinski definition) is 7. The van der Waals surface area contributed by atoms with E-state index in [-0.39, 0.29) is 12.4 Å². The molecule has 8 heteroatoms. The number of nitrogens with zero attached hydrogens (tertiary/aromatic N) is 3. The molecule has 0 radical (unpaired) electrons. The van der Waals surface area contributed by atoms with Crippen molar-refractivity contribution in [2.45, 2.75) is 24.4 Å². The number of aromatic nitrogens is 3. The molecule has 0 aliphatic carbocycles. The first-order chi connectivity index (χ1) is 16.2. The second kappa shape index (κ2) is 8.20. The van der Waals surface area contributed by atoms with Gasteiger partial charge in [-0.1, -0.05) is 47.7 Å². The van der Waals surface area contributed by atoms with Crippen LogP contribution in [0.15, 0.2) is 70.7 Å². The zero-order valence-electron chi connectivity index (χ0n) is 17.8. The Morgan fingerprint density at radius 2 is 1.97 bits per heavy atom. The molecule has 3 aromatic heterocycles. The van der Waals surface area contributed by atoms with Crippen LogP contribution in [0.1, 0.15) is 16.7 Å². The Labute approximate surface area is 197 Å². The van der Waals surface area contributed by atoms with Gasteiger partial charge in [-0.3, -0.25) is 9.36 Å². The van der Waals surface area contributed by atoms with E-state index in [1.807, 2.05) is 30.3 Å². The smallest absolute Gasteiger partial charge is 0.272 e. The molecule has 33 heavy (non-hydrogen) atoms. The average Bonchev–Trinajstić information content (AvgIpc) is 3.44. The summed E-state index contributed by atoms with van der Waals surface area (Å²) < 4.78 is 13.3. The molecule has 0 saturated heterocycles. The Bertz CT molecular complexity index is 1580. The molecule has 0 spiro atoms. The maximum Gasteiger partial charge on any atom is 0.272 e. The molecule has 6 rings (SSSR count). The maximum absolute atomic E-state index is 13.7. The molecule has 5 aromatic rings. The fraction of sp³-hybridized carbons (Fsp3) is 0.160. The maximum atomic E-state index is 13.7. The van der Waals surface area contributed by atoms with E-state index in [9.17, 15) is 4.79 Å². The third kappa shape index (κ3) is 3.75. The highest BCUT2D eigenvalue weighted by Gasteiger charge is 2.19. The summed E-state index contributed by atoms with van der Waals surface area (Å²) >= 11 is 2.97. The lowest BCUT2D eigenvalue weighted by Crippen LogP contribution is -2.23. The van der Waals surface area contributed by atoms with Gasteiger partial charge in [0.15, 0.2) is 16.7 Å². The van der Waals surface area contributed by atoms with Gasteiger partial charge in [0.05, 0.1) is 12.1 Å². The van der Waals surface area contributed by atoms with Crippen molar-refractivity contribution < 1.29 is 9.47 Å². The van der Waals surface area contributed by atoms with E-state index in [1.54, 1.807) is 22.5 Å². The third-order valence-corrected chi connectivity index (χ3v) is 7.68. The Morgan fingerprint density at radius 3 is 2.88 bits per heavy atom. The van der Waals surface area contributed by atoms with Crippen molar-refractivity contribution in [1.82, 2.24) is 14.5 Å². The topological polar surface area (TPSA) is 66.2 Å². The monoisotopic (exact) mass is 473 g/mol. The Hall–Kier alpha value is -3.36. The molecular formula is C25H19N3O3S2. The number of pyridine rings is 1. The van der Waals surface area contributed by atoms with Gasteiger partial charge in [-0.2, -0.15) is 0 Å². The Kier molecular flexibility index (Phi) is 5.04. The zero-order valence-corrected chi connectivity index (χ0v) is 19.4.